The Morgan fingerprint density at radius 3 is 3.23 bits per heavy atom. The van der Waals surface area contributed by atoms with Crippen LogP contribution in [0.5, 0.6) is 0 Å². The van der Waals surface area contributed by atoms with Gasteiger partial charge in [-0.25, -0.2) is 0 Å². The van der Waals surface area contributed by atoms with Gasteiger partial charge in [-0.05, 0) is 12.1 Å². The van der Waals surface area contributed by atoms with Crippen molar-refractivity contribution < 1.29 is 9.53 Å². The van der Waals surface area contributed by atoms with Gasteiger partial charge in [-0.1, -0.05) is 0 Å². The Balaban J connectivity index is 2.40. The third-order valence-electron chi connectivity index (χ3n) is 1.47. The lowest BCUT2D eigenvalue weighted by atomic mass is 10.3. The highest BCUT2D eigenvalue weighted by Crippen LogP contribution is 1.93. The fourth-order valence-corrected chi connectivity index (χ4v) is 0.823. The van der Waals surface area contributed by atoms with Gasteiger partial charge >= 0.3 is 0 Å². The number of carbonyl (C=O) groups excluding carboxylic acids is 1. The van der Waals surface area contributed by atoms with Crippen molar-refractivity contribution in [1.29, 1.82) is 0 Å². The van der Waals surface area contributed by atoms with Gasteiger partial charge in [0.2, 0.25) is 0 Å². The van der Waals surface area contributed by atoms with Crippen molar-refractivity contribution in [3.8, 4) is 0 Å². The molecule has 69 valence electrons. The summed E-state index contributed by atoms with van der Waals surface area (Å²) in [5.74, 6) is -0.140. The zero-order chi connectivity index (χ0) is 9.52. The molecule has 0 saturated heterocycles. The van der Waals surface area contributed by atoms with E-state index in [-0.39, 0.29) is 5.91 Å². The summed E-state index contributed by atoms with van der Waals surface area (Å²) in [5, 5.41) is 2.68. The maximum Gasteiger partial charge on any atom is 0.252 e. The molecule has 1 aromatic rings. The molecule has 4 heteroatoms. The number of ether oxygens (including phenoxy) is 1. The topological polar surface area (TPSA) is 51.2 Å². The van der Waals surface area contributed by atoms with Crippen molar-refractivity contribution in [3.63, 3.8) is 0 Å². The Labute approximate surface area is 76.9 Å². The minimum absolute atomic E-state index is 0.140. The zero-order valence-electron chi connectivity index (χ0n) is 7.41. The lowest BCUT2D eigenvalue weighted by Crippen LogP contribution is -2.26. The molecule has 1 rings (SSSR count). The summed E-state index contributed by atoms with van der Waals surface area (Å²) in [4.78, 5) is 15.0. The van der Waals surface area contributed by atoms with E-state index in [1.54, 1.807) is 19.2 Å². The third kappa shape index (κ3) is 3.21. The van der Waals surface area contributed by atoms with Gasteiger partial charge in [0.15, 0.2) is 0 Å². The molecule has 0 saturated carbocycles. The molecule has 1 amide bonds. The third-order valence-corrected chi connectivity index (χ3v) is 1.47. The number of nitrogens with zero attached hydrogens (tertiary/aromatic N) is 1. The van der Waals surface area contributed by atoms with E-state index in [4.69, 9.17) is 4.74 Å². The van der Waals surface area contributed by atoms with Crippen molar-refractivity contribution >= 4 is 5.91 Å². The highest BCUT2D eigenvalue weighted by molar-refractivity contribution is 5.93. The quantitative estimate of drug-likeness (QED) is 0.674. The maximum atomic E-state index is 11.3. The van der Waals surface area contributed by atoms with Crippen LogP contribution in [0.15, 0.2) is 18.3 Å². The van der Waals surface area contributed by atoms with Gasteiger partial charge in [-0.15, -0.1) is 0 Å². The summed E-state index contributed by atoms with van der Waals surface area (Å²) < 4.78 is 4.79. The number of nitrogens with one attached hydrogen (secondary N) is 1. The Hall–Kier alpha value is -1.42. The van der Waals surface area contributed by atoms with Crippen LogP contribution in [0.4, 0.5) is 0 Å². The van der Waals surface area contributed by atoms with Crippen LogP contribution in [0.2, 0.25) is 0 Å². The smallest absolute Gasteiger partial charge is 0.252 e. The minimum atomic E-state index is -0.140. The highest BCUT2D eigenvalue weighted by atomic mass is 16.5. The average Bonchev–Trinajstić information content (AvgIpc) is 2.19. The summed E-state index contributed by atoms with van der Waals surface area (Å²) in [7, 11) is 1.59. The summed E-state index contributed by atoms with van der Waals surface area (Å²) in [6.45, 7) is 1.02. The number of carbonyl (C=O) groups is 1. The van der Waals surface area contributed by atoms with Crippen LogP contribution in [0, 0.1) is 6.20 Å². The van der Waals surface area contributed by atoms with Gasteiger partial charge in [-0.2, -0.15) is 0 Å². The van der Waals surface area contributed by atoms with Crippen molar-refractivity contribution in [2.24, 2.45) is 0 Å². The molecule has 0 aliphatic carbocycles. The second-order valence-electron chi connectivity index (χ2n) is 2.42. The van der Waals surface area contributed by atoms with E-state index >= 15 is 0 Å². The molecule has 0 spiro atoms. The number of pyridine rings is 1. The highest BCUT2D eigenvalue weighted by Gasteiger charge is 2.02. The van der Waals surface area contributed by atoms with Gasteiger partial charge in [0.1, 0.15) is 0 Å². The van der Waals surface area contributed by atoms with E-state index in [0.29, 0.717) is 18.7 Å². The summed E-state index contributed by atoms with van der Waals surface area (Å²) in [6, 6.07) is 3.26. The fourth-order valence-electron chi connectivity index (χ4n) is 0.823. The van der Waals surface area contributed by atoms with E-state index < -0.39 is 0 Å². The van der Waals surface area contributed by atoms with E-state index in [0.717, 1.165) is 0 Å². The van der Waals surface area contributed by atoms with Crippen LogP contribution >= 0.6 is 0 Å². The lowest BCUT2D eigenvalue weighted by Gasteiger charge is -2.02. The normalized spacial score (nSPS) is 9.62. The summed E-state index contributed by atoms with van der Waals surface area (Å²) in [6.07, 6.45) is 4.07. The van der Waals surface area contributed by atoms with Gasteiger partial charge < -0.3 is 10.1 Å². The first-order chi connectivity index (χ1) is 6.34. The molecule has 4 nitrogen and oxygen atoms in total. The average molecular weight is 179 g/mol. The lowest BCUT2D eigenvalue weighted by molar-refractivity contribution is 0.0936. The Kier molecular flexibility index (Phi) is 3.92. The van der Waals surface area contributed by atoms with E-state index in [9.17, 15) is 4.79 Å². The molecule has 0 aliphatic heterocycles. The van der Waals surface area contributed by atoms with Gasteiger partial charge in [0, 0.05) is 19.9 Å². The first kappa shape index (κ1) is 9.67. The van der Waals surface area contributed by atoms with Crippen molar-refractivity contribution in [1.82, 2.24) is 10.3 Å². The number of hydrogen-bond donors (Lipinski definition) is 1. The number of aromatic nitrogens is 1. The monoisotopic (exact) mass is 179 g/mol. The predicted molar refractivity (Wildman–Crippen MR) is 47.3 cm³/mol. The Morgan fingerprint density at radius 2 is 2.62 bits per heavy atom. The number of rotatable bonds is 4. The van der Waals surface area contributed by atoms with Crippen LogP contribution in [0.1, 0.15) is 10.4 Å². The van der Waals surface area contributed by atoms with Gasteiger partial charge in [0.05, 0.1) is 18.4 Å². The van der Waals surface area contributed by atoms with Crippen LogP contribution in [0.3, 0.4) is 0 Å². The molecule has 0 fully saturated rings. The molecule has 1 heterocycles. The van der Waals surface area contributed by atoms with Crippen LogP contribution in [0.25, 0.3) is 0 Å². The molecular formula is C9H11N2O2. The minimum Gasteiger partial charge on any atom is -0.383 e. The zero-order valence-corrected chi connectivity index (χ0v) is 7.41. The molecule has 1 aromatic heterocycles. The van der Waals surface area contributed by atoms with Crippen molar-refractivity contribution in [2.45, 2.75) is 0 Å². The van der Waals surface area contributed by atoms with Crippen LogP contribution in [-0.2, 0) is 4.74 Å². The van der Waals surface area contributed by atoms with Crippen molar-refractivity contribution in [3.05, 3.63) is 30.1 Å². The second kappa shape index (κ2) is 5.27. The molecule has 0 bridgehead atoms. The Bertz CT molecular complexity index is 262. The molecule has 0 aliphatic rings. The van der Waals surface area contributed by atoms with Crippen LogP contribution < -0.4 is 5.32 Å². The first-order valence-corrected chi connectivity index (χ1v) is 3.94. The number of methoxy groups -OCH3 is 1. The van der Waals surface area contributed by atoms with Crippen molar-refractivity contribution in [2.75, 3.05) is 20.3 Å². The molecule has 13 heavy (non-hydrogen) atoms. The molecule has 1 radical (unpaired) electrons. The summed E-state index contributed by atoms with van der Waals surface area (Å²) in [5.41, 5.74) is 0.537. The van der Waals surface area contributed by atoms with Gasteiger partial charge in [-0.3, -0.25) is 9.78 Å². The molecule has 0 unspecified atom stereocenters. The second-order valence-corrected chi connectivity index (χ2v) is 2.42. The number of hydrogen-bond acceptors (Lipinski definition) is 3. The van der Waals surface area contributed by atoms with E-state index in [2.05, 4.69) is 16.5 Å². The first-order valence-electron chi connectivity index (χ1n) is 3.94. The molecule has 0 aromatic carbocycles. The largest absolute Gasteiger partial charge is 0.383 e. The SMILES string of the molecule is COCCNC(=O)c1cc[c]nc1. The Morgan fingerprint density at radius 1 is 1.77 bits per heavy atom. The molecular weight excluding hydrogens is 168 g/mol. The summed E-state index contributed by atoms with van der Waals surface area (Å²) >= 11 is 0. The maximum absolute atomic E-state index is 11.3. The van der Waals surface area contributed by atoms with Gasteiger partial charge in [0.25, 0.3) is 5.91 Å². The molecule has 1 N–H and O–H groups in total. The fraction of sp³-hybridized carbons (Fsp3) is 0.333. The van der Waals surface area contributed by atoms with Crippen LogP contribution in [-0.4, -0.2) is 31.2 Å². The number of amides is 1. The molecule has 0 atom stereocenters. The predicted octanol–water partition coefficient (Wildman–Crippen LogP) is 0.258. The van der Waals surface area contributed by atoms with E-state index in [1.165, 1.54) is 6.20 Å². The standard InChI is InChI=1S/C9H11N2O2/c1-13-6-5-11-9(12)8-3-2-4-10-7-8/h2-3,7H,5-6H2,1H3,(H,11,12). The van der Waals surface area contributed by atoms with E-state index in [1.807, 2.05) is 0 Å².